The second-order valence-corrected chi connectivity index (χ2v) is 11.0. The predicted octanol–water partition coefficient (Wildman–Crippen LogP) is 7.17. The molecule has 1 heteroatoms. The first-order chi connectivity index (χ1) is 13.3. The zero-order valence-corrected chi connectivity index (χ0v) is 18.5. The molecule has 3 aliphatic carbocycles. The van der Waals surface area contributed by atoms with Gasteiger partial charge >= 0.3 is 0 Å². The Hall–Kier alpha value is -1.37. The van der Waals surface area contributed by atoms with Crippen LogP contribution in [-0.2, 0) is 4.79 Å². The lowest BCUT2D eigenvalue weighted by Crippen LogP contribution is -2.36. The lowest BCUT2D eigenvalue weighted by Gasteiger charge is -2.41. The van der Waals surface area contributed by atoms with Crippen LogP contribution < -0.4 is 0 Å². The van der Waals surface area contributed by atoms with Gasteiger partial charge in [-0.2, -0.15) is 0 Å². The Labute approximate surface area is 172 Å². The van der Waals surface area contributed by atoms with Crippen molar-refractivity contribution in [2.75, 3.05) is 0 Å². The van der Waals surface area contributed by atoms with E-state index in [1.165, 1.54) is 36.8 Å². The Morgan fingerprint density at radius 2 is 1.82 bits per heavy atom. The van der Waals surface area contributed by atoms with Crippen LogP contribution in [0.2, 0.25) is 0 Å². The standard InChI is InChI=1S/C27H38O/c1-18(2)22-12-11-19(3)15-23(22)24(20-9-7-6-8-10-20)17-27-14-13-21(16-25(27)28)26(27,4)5/h6-10,17-19,21-23H,11-16H2,1-5H3. The number of ketones is 1. The first-order valence-corrected chi connectivity index (χ1v) is 11.6. The number of hydrogen-bond acceptors (Lipinski definition) is 1. The molecule has 1 aromatic rings. The molecular weight excluding hydrogens is 340 g/mol. The maximum Gasteiger partial charge on any atom is 0.143 e. The summed E-state index contributed by atoms with van der Waals surface area (Å²) < 4.78 is 0. The fourth-order valence-corrected chi connectivity index (χ4v) is 6.91. The minimum absolute atomic E-state index is 0.0950. The van der Waals surface area contributed by atoms with Gasteiger partial charge in [0.15, 0.2) is 0 Å². The van der Waals surface area contributed by atoms with Gasteiger partial charge in [0, 0.05) is 6.42 Å². The molecule has 0 amide bonds. The Morgan fingerprint density at radius 1 is 1.11 bits per heavy atom. The van der Waals surface area contributed by atoms with E-state index in [4.69, 9.17) is 0 Å². The molecule has 5 unspecified atom stereocenters. The normalized spacial score (nSPS) is 37.6. The van der Waals surface area contributed by atoms with Crippen LogP contribution in [0.25, 0.3) is 5.57 Å². The average molecular weight is 379 g/mol. The largest absolute Gasteiger partial charge is 0.299 e. The van der Waals surface area contributed by atoms with E-state index in [2.05, 4.69) is 71.0 Å². The van der Waals surface area contributed by atoms with Crippen molar-refractivity contribution in [3.8, 4) is 0 Å². The van der Waals surface area contributed by atoms with Gasteiger partial charge < -0.3 is 0 Å². The molecule has 4 rings (SSSR count). The monoisotopic (exact) mass is 378 g/mol. The molecule has 28 heavy (non-hydrogen) atoms. The van der Waals surface area contributed by atoms with Gasteiger partial charge in [-0.1, -0.05) is 77.4 Å². The van der Waals surface area contributed by atoms with Gasteiger partial charge in [-0.05, 0) is 71.8 Å². The SMILES string of the molecule is CC1CCC(C(C)C)C(C(=CC23CCC(CC2=O)C3(C)C)c2ccccc2)C1. The molecule has 2 bridgehead atoms. The van der Waals surface area contributed by atoms with E-state index >= 15 is 0 Å². The lowest BCUT2D eigenvalue weighted by molar-refractivity contribution is -0.126. The van der Waals surface area contributed by atoms with Crippen LogP contribution in [-0.4, -0.2) is 5.78 Å². The van der Waals surface area contributed by atoms with Crippen molar-refractivity contribution in [3.63, 3.8) is 0 Å². The Morgan fingerprint density at radius 3 is 2.39 bits per heavy atom. The topological polar surface area (TPSA) is 17.1 Å². The lowest BCUT2D eigenvalue weighted by atomic mass is 9.62. The quantitative estimate of drug-likeness (QED) is 0.542. The highest BCUT2D eigenvalue weighted by atomic mass is 16.1. The van der Waals surface area contributed by atoms with Gasteiger partial charge in [0.25, 0.3) is 0 Å². The molecule has 3 aliphatic rings. The van der Waals surface area contributed by atoms with Crippen LogP contribution in [0.3, 0.4) is 0 Å². The summed E-state index contributed by atoms with van der Waals surface area (Å²) in [7, 11) is 0. The molecule has 1 nitrogen and oxygen atoms in total. The maximum atomic E-state index is 13.3. The van der Waals surface area contributed by atoms with Crippen LogP contribution >= 0.6 is 0 Å². The third kappa shape index (κ3) is 3.01. The maximum absolute atomic E-state index is 13.3. The molecule has 1 aromatic carbocycles. The van der Waals surface area contributed by atoms with Gasteiger partial charge in [0.05, 0.1) is 5.41 Å². The molecule has 3 saturated carbocycles. The highest BCUT2D eigenvalue weighted by Crippen LogP contribution is 2.65. The minimum Gasteiger partial charge on any atom is -0.299 e. The highest BCUT2D eigenvalue weighted by Gasteiger charge is 2.63. The summed E-state index contributed by atoms with van der Waals surface area (Å²) in [5, 5.41) is 0. The summed E-state index contributed by atoms with van der Waals surface area (Å²) in [6, 6.07) is 11.0. The molecule has 0 N–H and O–H groups in total. The van der Waals surface area contributed by atoms with Crippen molar-refractivity contribution < 1.29 is 4.79 Å². The summed E-state index contributed by atoms with van der Waals surface area (Å²) >= 11 is 0. The van der Waals surface area contributed by atoms with E-state index in [9.17, 15) is 4.79 Å². The Balaban J connectivity index is 1.85. The zero-order valence-electron chi connectivity index (χ0n) is 18.5. The number of carbonyl (C=O) groups is 1. The van der Waals surface area contributed by atoms with Crippen LogP contribution in [0.15, 0.2) is 36.4 Å². The van der Waals surface area contributed by atoms with Crippen molar-refractivity contribution in [1.82, 2.24) is 0 Å². The van der Waals surface area contributed by atoms with Gasteiger partial charge in [-0.15, -0.1) is 0 Å². The number of Topliss-reactive ketones (excluding diaryl/α,β-unsaturated/α-hetero) is 1. The van der Waals surface area contributed by atoms with Crippen molar-refractivity contribution in [3.05, 3.63) is 42.0 Å². The van der Waals surface area contributed by atoms with Crippen LogP contribution in [0, 0.1) is 40.4 Å². The number of carbonyl (C=O) groups excluding carboxylic acids is 1. The third-order valence-corrected chi connectivity index (χ3v) is 8.92. The van der Waals surface area contributed by atoms with Gasteiger partial charge in [-0.25, -0.2) is 0 Å². The summed E-state index contributed by atoms with van der Waals surface area (Å²) in [6.45, 7) is 11.9. The van der Waals surface area contributed by atoms with Crippen molar-refractivity contribution in [1.29, 1.82) is 0 Å². The van der Waals surface area contributed by atoms with Gasteiger partial charge in [-0.3, -0.25) is 4.79 Å². The molecule has 0 radical (unpaired) electrons. The summed E-state index contributed by atoms with van der Waals surface area (Å²) in [6.07, 6.45) is 9.49. The number of allylic oxidation sites excluding steroid dienone is 2. The highest BCUT2D eigenvalue weighted by molar-refractivity contribution is 5.93. The van der Waals surface area contributed by atoms with Crippen molar-refractivity contribution in [2.24, 2.45) is 40.4 Å². The second-order valence-electron chi connectivity index (χ2n) is 11.0. The molecule has 3 fully saturated rings. The van der Waals surface area contributed by atoms with Crippen LogP contribution in [0.1, 0.15) is 78.7 Å². The molecule has 5 atom stereocenters. The van der Waals surface area contributed by atoms with E-state index in [1.54, 1.807) is 0 Å². The van der Waals surface area contributed by atoms with Crippen LogP contribution in [0.5, 0.6) is 0 Å². The number of hydrogen-bond donors (Lipinski definition) is 0. The number of fused-ring (bicyclic) bond motifs is 2. The van der Waals surface area contributed by atoms with Crippen molar-refractivity contribution >= 4 is 11.4 Å². The van der Waals surface area contributed by atoms with E-state index in [-0.39, 0.29) is 10.8 Å². The minimum atomic E-state index is -0.245. The van der Waals surface area contributed by atoms with E-state index in [0.29, 0.717) is 23.5 Å². The van der Waals surface area contributed by atoms with Crippen molar-refractivity contribution in [2.45, 2.75) is 73.1 Å². The summed E-state index contributed by atoms with van der Waals surface area (Å²) in [4.78, 5) is 13.3. The van der Waals surface area contributed by atoms with E-state index in [0.717, 1.165) is 24.7 Å². The summed E-state index contributed by atoms with van der Waals surface area (Å²) in [5.41, 5.74) is 2.68. The first-order valence-electron chi connectivity index (χ1n) is 11.6. The van der Waals surface area contributed by atoms with Gasteiger partial charge in [0.2, 0.25) is 0 Å². The van der Waals surface area contributed by atoms with Gasteiger partial charge in [0.1, 0.15) is 5.78 Å². The molecule has 0 spiro atoms. The fourth-order valence-electron chi connectivity index (χ4n) is 6.91. The van der Waals surface area contributed by atoms with E-state index < -0.39 is 0 Å². The second kappa shape index (κ2) is 7.15. The predicted molar refractivity (Wildman–Crippen MR) is 118 cm³/mol. The molecule has 152 valence electrons. The number of benzene rings is 1. The molecular formula is C27H38O. The molecule has 0 aromatic heterocycles. The fraction of sp³-hybridized carbons (Fsp3) is 0.667. The van der Waals surface area contributed by atoms with E-state index in [1.807, 2.05) is 0 Å². The first kappa shape index (κ1) is 19.9. The molecule has 0 aliphatic heterocycles. The summed E-state index contributed by atoms with van der Waals surface area (Å²) in [5.74, 6) is 3.82. The average Bonchev–Trinajstić information content (AvgIpc) is 3.01. The number of rotatable bonds is 4. The molecule has 0 heterocycles. The van der Waals surface area contributed by atoms with Crippen LogP contribution in [0.4, 0.5) is 0 Å². The molecule has 0 saturated heterocycles. The smallest absolute Gasteiger partial charge is 0.143 e. The zero-order chi connectivity index (χ0) is 20.1. The Bertz CT molecular complexity index is 756. The Kier molecular flexibility index (Phi) is 5.09. The third-order valence-electron chi connectivity index (χ3n) is 8.92.